The Balaban J connectivity index is 1.36. The van der Waals surface area contributed by atoms with Gasteiger partial charge in [0.05, 0.1) is 17.5 Å². The lowest BCUT2D eigenvalue weighted by Gasteiger charge is -2.26. The fourth-order valence-corrected chi connectivity index (χ4v) is 6.06. The van der Waals surface area contributed by atoms with Gasteiger partial charge >= 0.3 is 6.61 Å². The third kappa shape index (κ3) is 4.11. The van der Waals surface area contributed by atoms with Gasteiger partial charge in [0.25, 0.3) is 0 Å². The standard InChI is InChI=1S/C25H23F2N5O3S/c26-24(27)35-20-4-2-1-3-17(20)18-11-19(33)22-23(18)32-14-15(5-6-21(32)30-22)16-12-28-25(29-13-16)31-7-9-36(34)10-8-31/h1-6,12-14,18-19,24,33H,7-11H2/t18-,19-/m1/s1. The van der Waals surface area contributed by atoms with E-state index in [2.05, 4.69) is 15.0 Å². The highest BCUT2D eigenvalue weighted by Gasteiger charge is 2.37. The van der Waals surface area contributed by atoms with Crippen molar-refractivity contribution in [2.75, 3.05) is 29.5 Å². The summed E-state index contributed by atoms with van der Waals surface area (Å²) in [5, 5.41) is 10.7. The first-order valence-electron chi connectivity index (χ1n) is 11.6. The number of hydrogen-bond donors (Lipinski definition) is 1. The summed E-state index contributed by atoms with van der Waals surface area (Å²) < 4.78 is 44.4. The fourth-order valence-electron chi connectivity index (χ4n) is 5.01. The number of anilines is 1. The van der Waals surface area contributed by atoms with Crippen LogP contribution >= 0.6 is 0 Å². The van der Waals surface area contributed by atoms with E-state index in [4.69, 9.17) is 4.74 Å². The molecule has 1 aliphatic carbocycles. The predicted molar refractivity (Wildman–Crippen MR) is 131 cm³/mol. The van der Waals surface area contributed by atoms with E-state index in [-0.39, 0.29) is 11.7 Å². The second-order valence-corrected chi connectivity index (χ2v) is 10.6. The van der Waals surface area contributed by atoms with Crippen molar-refractivity contribution in [3.63, 3.8) is 0 Å². The smallest absolute Gasteiger partial charge is 0.387 e. The lowest BCUT2D eigenvalue weighted by molar-refractivity contribution is -0.0506. The van der Waals surface area contributed by atoms with Gasteiger partial charge in [-0.2, -0.15) is 8.78 Å². The molecule has 0 bridgehead atoms. The topological polar surface area (TPSA) is 92.9 Å². The minimum atomic E-state index is -2.94. The van der Waals surface area contributed by atoms with Crippen molar-refractivity contribution in [1.29, 1.82) is 0 Å². The number of aromatic nitrogens is 4. The Kier molecular flexibility index (Phi) is 5.88. The molecule has 2 atom stereocenters. The number of para-hydroxylation sites is 1. The molecule has 2 aliphatic rings. The molecular formula is C25H23F2N5O3S. The quantitative estimate of drug-likeness (QED) is 0.438. The van der Waals surface area contributed by atoms with E-state index < -0.39 is 23.5 Å². The van der Waals surface area contributed by atoms with Crippen molar-refractivity contribution >= 4 is 22.4 Å². The third-order valence-electron chi connectivity index (χ3n) is 6.73. The molecular weight excluding hydrogens is 488 g/mol. The van der Waals surface area contributed by atoms with Crippen LogP contribution in [-0.4, -0.2) is 59.9 Å². The number of nitrogens with zero attached hydrogens (tertiary/aromatic N) is 5. The zero-order chi connectivity index (χ0) is 24.8. The van der Waals surface area contributed by atoms with Gasteiger partial charge in [0, 0.05) is 76.6 Å². The molecule has 6 rings (SSSR count). The minimum Gasteiger partial charge on any atom is -0.435 e. The Morgan fingerprint density at radius 1 is 1.06 bits per heavy atom. The fraction of sp³-hybridized carbons (Fsp3) is 0.320. The van der Waals surface area contributed by atoms with E-state index in [0.717, 1.165) is 16.8 Å². The highest BCUT2D eigenvalue weighted by molar-refractivity contribution is 7.85. The molecule has 1 saturated heterocycles. The average Bonchev–Trinajstić information content (AvgIpc) is 3.42. The Hall–Kier alpha value is -3.44. The number of benzene rings is 1. The van der Waals surface area contributed by atoms with E-state index in [9.17, 15) is 18.1 Å². The van der Waals surface area contributed by atoms with Gasteiger partial charge in [0.2, 0.25) is 5.95 Å². The van der Waals surface area contributed by atoms with Crippen LogP contribution in [0.1, 0.15) is 35.4 Å². The number of alkyl halides is 2. The third-order valence-corrected chi connectivity index (χ3v) is 8.01. The molecule has 186 valence electrons. The van der Waals surface area contributed by atoms with Crippen LogP contribution in [0.25, 0.3) is 16.8 Å². The number of aliphatic hydroxyl groups excluding tert-OH is 1. The van der Waals surface area contributed by atoms with Gasteiger partial charge in [-0.05, 0) is 24.6 Å². The van der Waals surface area contributed by atoms with Crippen molar-refractivity contribution in [3.8, 4) is 16.9 Å². The minimum absolute atomic E-state index is 0.0918. The van der Waals surface area contributed by atoms with E-state index in [0.29, 0.717) is 53.9 Å². The van der Waals surface area contributed by atoms with Crippen LogP contribution < -0.4 is 9.64 Å². The molecule has 4 aromatic rings. The first-order valence-corrected chi connectivity index (χ1v) is 13.1. The summed E-state index contributed by atoms with van der Waals surface area (Å²) >= 11 is 0. The molecule has 0 unspecified atom stereocenters. The molecule has 1 fully saturated rings. The first kappa shape index (κ1) is 23.0. The summed E-state index contributed by atoms with van der Waals surface area (Å²) in [4.78, 5) is 15.7. The second-order valence-electron chi connectivity index (χ2n) is 8.86. The summed E-state index contributed by atoms with van der Waals surface area (Å²) in [5.74, 6) is 1.57. The number of rotatable bonds is 5. The SMILES string of the molecule is O=S1CCN(c2ncc(-c3ccc4nc5c(n4c3)[C@@H](c3ccccc3OC(F)F)C[C@H]5O)cn2)CC1. The molecule has 1 N–H and O–H groups in total. The van der Waals surface area contributed by atoms with Crippen LogP contribution in [0.4, 0.5) is 14.7 Å². The van der Waals surface area contributed by atoms with Crippen molar-refractivity contribution in [2.24, 2.45) is 0 Å². The van der Waals surface area contributed by atoms with Crippen LogP contribution in [-0.2, 0) is 10.8 Å². The maximum Gasteiger partial charge on any atom is 0.387 e. The van der Waals surface area contributed by atoms with Crippen LogP contribution in [0.2, 0.25) is 0 Å². The molecule has 0 radical (unpaired) electrons. The number of pyridine rings is 1. The van der Waals surface area contributed by atoms with Crippen molar-refractivity contribution in [2.45, 2.75) is 25.1 Å². The van der Waals surface area contributed by atoms with E-state index >= 15 is 0 Å². The van der Waals surface area contributed by atoms with Gasteiger partial charge in [-0.15, -0.1) is 0 Å². The number of aliphatic hydroxyl groups is 1. The Labute approximate surface area is 208 Å². The molecule has 0 spiro atoms. The van der Waals surface area contributed by atoms with Crippen LogP contribution in [0, 0.1) is 0 Å². The van der Waals surface area contributed by atoms with Gasteiger partial charge in [-0.3, -0.25) is 4.21 Å². The van der Waals surface area contributed by atoms with Crippen molar-refractivity contribution < 1.29 is 22.8 Å². The molecule has 3 aromatic heterocycles. The van der Waals surface area contributed by atoms with Gasteiger partial charge in [0.15, 0.2) is 0 Å². The summed E-state index contributed by atoms with van der Waals surface area (Å²) in [6.07, 6.45) is 4.93. The first-order chi connectivity index (χ1) is 17.5. The van der Waals surface area contributed by atoms with Crippen molar-refractivity contribution in [1.82, 2.24) is 19.4 Å². The van der Waals surface area contributed by atoms with E-state index in [1.165, 1.54) is 6.07 Å². The zero-order valence-electron chi connectivity index (χ0n) is 19.1. The summed E-state index contributed by atoms with van der Waals surface area (Å²) in [6, 6.07) is 10.4. The number of halogens is 2. The molecule has 4 heterocycles. The normalized spacial score (nSPS) is 20.3. The van der Waals surface area contributed by atoms with Crippen molar-refractivity contribution in [3.05, 3.63) is 71.9 Å². The summed E-state index contributed by atoms with van der Waals surface area (Å²) in [5.41, 5.74) is 4.18. The highest BCUT2D eigenvalue weighted by Crippen LogP contribution is 2.47. The molecule has 36 heavy (non-hydrogen) atoms. The van der Waals surface area contributed by atoms with Crippen LogP contribution in [0.15, 0.2) is 55.0 Å². The summed E-state index contributed by atoms with van der Waals surface area (Å²) in [7, 11) is -0.771. The molecule has 0 saturated carbocycles. The lowest BCUT2D eigenvalue weighted by Crippen LogP contribution is -2.38. The monoisotopic (exact) mass is 511 g/mol. The molecule has 0 amide bonds. The van der Waals surface area contributed by atoms with Gasteiger partial charge in [-0.25, -0.2) is 15.0 Å². The number of ether oxygens (including phenoxy) is 1. The number of imidazole rings is 1. The van der Waals surface area contributed by atoms with Gasteiger partial charge < -0.3 is 19.1 Å². The number of fused-ring (bicyclic) bond motifs is 3. The molecule has 8 nitrogen and oxygen atoms in total. The Morgan fingerprint density at radius 3 is 2.56 bits per heavy atom. The van der Waals surface area contributed by atoms with Crippen LogP contribution in [0.3, 0.4) is 0 Å². The molecule has 1 aliphatic heterocycles. The lowest BCUT2D eigenvalue weighted by atomic mass is 9.95. The number of hydrogen-bond acceptors (Lipinski definition) is 7. The second kappa shape index (κ2) is 9.21. The highest BCUT2D eigenvalue weighted by atomic mass is 32.2. The maximum absolute atomic E-state index is 13.0. The largest absolute Gasteiger partial charge is 0.435 e. The molecule has 1 aromatic carbocycles. The zero-order valence-corrected chi connectivity index (χ0v) is 19.9. The predicted octanol–water partition coefficient (Wildman–Crippen LogP) is 3.53. The Bertz CT molecular complexity index is 1440. The van der Waals surface area contributed by atoms with E-state index in [1.54, 1.807) is 30.6 Å². The Morgan fingerprint density at radius 2 is 1.81 bits per heavy atom. The van der Waals surface area contributed by atoms with Gasteiger partial charge in [0.1, 0.15) is 11.4 Å². The van der Waals surface area contributed by atoms with Crippen LogP contribution in [0.5, 0.6) is 5.75 Å². The van der Waals surface area contributed by atoms with Gasteiger partial charge in [-0.1, -0.05) is 18.2 Å². The summed E-state index contributed by atoms with van der Waals surface area (Å²) in [6.45, 7) is -1.61. The maximum atomic E-state index is 13.0. The average molecular weight is 512 g/mol. The van der Waals surface area contributed by atoms with E-state index in [1.807, 2.05) is 27.6 Å². The molecule has 11 heteroatoms.